The SMILES string of the molecule is CCc1oc2ccccc2c1/C=C/C(=O)N1CCN(C(=O)c2ccoc2)CC1. The van der Waals surface area contributed by atoms with Gasteiger partial charge in [0.1, 0.15) is 17.6 Å². The summed E-state index contributed by atoms with van der Waals surface area (Å²) in [6.07, 6.45) is 7.14. The van der Waals surface area contributed by atoms with E-state index >= 15 is 0 Å². The van der Waals surface area contributed by atoms with Crippen molar-refractivity contribution >= 4 is 28.9 Å². The van der Waals surface area contributed by atoms with Gasteiger partial charge < -0.3 is 18.6 Å². The Morgan fingerprint density at radius 1 is 1.07 bits per heavy atom. The molecule has 6 heteroatoms. The number of para-hydroxylation sites is 1. The smallest absolute Gasteiger partial charge is 0.257 e. The fraction of sp³-hybridized carbons (Fsp3) is 0.273. The van der Waals surface area contributed by atoms with Crippen molar-refractivity contribution in [2.45, 2.75) is 13.3 Å². The molecule has 0 unspecified atom stereocenters. The fourth-order valence-corrected chi connectivity index (χ4v) is 3.52. The van der Waals surface area contributed by atoms with Gasteiger partial charge in [0.2, 0.25) is 5.91 Å². The molecule has 4 rings (SSSR count). The lowest BCUT2D eigenvalue weighted by Gasteiger charge is -2.34. The van der Waals surface area contributed by atoms with Crippen molar-refractivity contribution in [1.82, 2.24) is 9.80 Å². The number of benzene rings is 1. The van der Waals surface area contributed by atoms with Gasteiger partial charge in [0.15, 0.2) is 0 Å². The summed E-state index contributed by atoms with van der Waals surface area (Å²) in [7, 11) is 0. The van der Waals surface area contributed by atoms with Crippen molar-refractivity contribution in [3.05, 3.63) is 65.8 Å². The van der Waals surface area contributed by atoms with E-state index < -0.39 is 0 Å². The fourth-order valence-electron chi connectivity index (χ4n) is 3.52. The Morgan fingerprint density at radius 2 is 1.82 bits per heavy atom. The monoisotopic (exact) mass is 378 g/mol. The molecule has 144 valence electrons. The second kappa shape index (κ2) is 7.76. The van der Waals surface area contributed by atoms with Gasteiger partial charge in [-0.2, -0.15) is 0 Å². The van der Waals surface area contributed by atoms with Crippen molar-refractivity contribution in [2.24, 2.45) is 0 Å². The van der Waals surface area contributed by atoms with Gasteiger partial charge in [-0.3, -0.25) is 9.59 Å². The van der Waals surface area contributed by atoms with Gasteiger partial charge in [-0.25, -0.2) is 0 Å². The van der Waals surface area contributed by atoms with E-state index in [0.717, 1.165) is 28.7 Å². The summed E-state index contributed by atoms with van der Waals surface area (Å²) in [5.41, 5.74) is 2.33. The molecular formula is C22H22N2O4. The molecule has 0 aliphatic carbocycles. The summed E-state index contributed by atoms with van der Waals surface area (Å²) >= 11 is 0. The van der Waals surface area contributed by atoms with Crippen molar-refractivity contribution in [3.8, 4) is 0 Å². The van der Waals surface area contributed by atoms with Crippen LogP contribution in [-0.2, 0) is 11.2 Å². The van der Waals surface area contributed by atoms with Gasteiger partial charge in [-0.15, -0.1) is 0 Å². The molecule has 28 heavy (non-hydrogen) atoms. The normalized spacial score (nSPS) is 14.9. The zero-order valence-corrected chi connectivity index (χ0v) is 15.8. The van der Waals surface area contributed by atoms with Crippen LogP contribution in [0.25, 0.3) is 17.0 Å². The van der Waals surface area contributed by atoms with Crippen molar-refractivity contribution in [1.29, 1.82) is 0 Å². The topological polar surface area (TPSA) is 66.9 Å². The Bertz CT molecular complexity index is 1010. The molecule has 6 nitrogen and oxygen atoms in total. The third-order valence-corrected chi connectivity index (χ3v) is 5.07. The van der Waals surface area contributed by atoms with Gasteiger partial charge >= 0.3 is 0 Å². The summed E-state index contributed by atoms with van der Waals surface area (Å²) in [4.78, 5) is 28.5. The van der Waals surface area contributed by atoms with Crippen LogP contribution >= 0.6 is 0 Å². The number of rotatable bonds is 4. The molecule has 2 amide bonds. The second-order valence-corrected chi connectivity index (χ2v) is 6.75. The molecule has 0 spiro atoms. The molecule has 0 atom stereocenters. The van der Waals surface area contributed by atoms with E-state index in [2.05, 4.69) is 0 Å². The van der Waals surface area contributed by atoms with Crippen molar-refractivity contribution in [2.75, 3.05) is 26.2 Å². The van der Waals surface area contributed by atoms with Crippen LogP contribution in [-0.4, -0.2) is 47.8 Å². The molecule has 0 N–H and O–H groups in total. The number of amides is 2. The van der Waals surface area contributed by atoms with Gasteiger partial charge in [0.05, 0.1) is 11.8 Å². The minimum Gasteiger partial charge on any atom is -0.472 e. The van der Waals surface area contributed by atoms with E-state index in [1.54, 1.807) is 21.9 Å². The molecular weight excluding hydrogens is 356 g/mol. The zero-order valence-electron chi connectivity index (χ0n) is 15.8. The summed E-state index contributed by atoms with van der Waals surface area (Å²) in [5, 5.41) is 1.01. The third kappa shape index (κ3) is 3.45. The quantitative estimate of drug-likeness (QED) is 0.651. The number of carbonyl (C=O) groups excluding carboxylic acids is 2. The van der Waals surface area contributed by atoms with Crippen LogP contribution in [0.15, 0.2) is 57.8 Å². The highest BCUT2D eigenvalue weighted by Gasteiger charge is 2.24. The van der Waals surface area contributed by atoms with E-state index in [4.69, 9.17) is 8.83 Å². The maximum Gasteiger partial charge on any atom is 0.257 e. The Labute approximate surface area is 163 Å². The Balaban J connectivity index is 1.42. The molecule has 1 saturated heterocycles. The van der Waals surface area contributed by atoms with E-state index in [9.17, 15) is 9.59 Å². The summed E-state index contributed by atoms with van der Waals surface area (Å²) < 4.78 is 10.8. The van der Waals surface area contributed by atoms with Gasteiger partial charge in [-0.05, 0) is 18.2 Å². The van der Waals surface area contributed by atoms with Crippen LogP contribution in [0.3, 0.4) is 0 Å². The minimum atomic E-state index is -0.0613. The number of hydrogen-bond donors (Lipinski definition) is 0. The molecule has 1 aliphatic rings. The van der Waals surface area contributed by atoms with Crippen LogP contribution < -0.4 is 0 Å². The van der Waals surface area contributed by atoms with Crippen LogP contribution in [0.1, 0.15) is 28.6 Å². The lowest BCUT2D eigenvalue weighted by molar-refractivity contribution is -0.127. The summed E-state index contributed by atoms with van der Waals surface area (Å²) in [6.45, 7) is 4.09. The third-order valence-electron chi connectivity index (χ3n) is 5.07. The number of fused-ring (bicyclic) bond motifs is 1. The van der Waals surface area contributed by atoms with Crippen LogP contribution in [0.2, 0.25) is 0 Å². The number of furan rings is 2. The minimum absolute atomic E-state index is 0.0530. The van der Waals surface area contributed by atoms with E-state index in [1.165, 1.54) is 12.5 Å². The molecule has 0 radical (unpaired) electrons. The molecule has 0 saturated carbocycles. The predicted molar refractivity (Wildman–Crippen MR) is 106 cm³/mol. The number of aryl methyl sites for hydroxylation is 1. The van der Waals surface area contributed by atoms with Crippen LogP contribution in [0.4, 0.5) is 0 Å². The maximum atomic E-state index is 12.6. The van der Waals surface area contributed by atoms with Crippen LogP contribution in [0.5, 0.6) is 0 Å². The molecule has 1 aliphatic heterocycles. The van der Waals surface area contributed by atoms with Crippen molar-refractivity contribution < 1.29 is 18.4 Å². The average Bonchev–Trinajstić information content (AvgIpc) is 3.39. The Morgan fingerprint density at radius 3 is 2.54 bits per heavy atom. The number of nitrogens with zero attached hydrogens (tertiary/aromatic N) is 2. The molecule has 3 heterocycles. The first kappa shape index (κ1) is 18.1. The largest absolute Gasteiger partial charge is 0.472 e. The summed E-state index contributed by atoms with van der Waals surface area (Å²) in [5.74, 6) is 0.761. The Kier molecular flexibility index (Phi) is 5.02. The number of carbonyl (C=O) groups is 2. The van der Waals surface area contributed by atoms with E-state index in [1.807, 2.05) is 37.3 Å². The lowest BCUT2D eigenvalue weighted by atomic mass is 10.1. The average molecular weight is 378 g/mol. The van der Waals surface area contributed by atoms with Gasteiger partial charge in [0.25, 0.3) is 5.91 Å². The van der Waals surface area contributed by atoms with Crippen LogP contribution in [0, 0.1) is 0 Å². The molecule has 1 aromatic carbocycles. The lowest BCUT2D eigenvalue weighted by Crippen LogP contribution is -2.50. The first-order valence-electron chi connectivity index (χ1n) is 9.46. The summed E-state index contributed by atoms with van der Waals surface area (Å²) in [6, 6.07) is 9.50. The zero-order chi connectivity index (χ0) is 19.5. The first-order valence-corrected chi connectivity index (χ1v) is 9.46. The second-order valence-electron chi connectivity index (χ2n) is 6.75. The highest BCUT2D eigenvalue weighted by Crippen LogP contribution is 2.27. The maximum absolute atomic E-state index is 12.6. The van der Waals surface area contributed by atoms with E-state index in [0.29, 0.717) is 31.7 Å². The first-order chi connectivity index (χ1) is 13.7. The number of piperazine rings is 1. The highest BCUT2D eigenvalue weighted by molar-refractivity contribution is 5.97. The molecule has 2 aromatic heterocycles. The van der Waals surface area contributed by atoms with Gasteiger partial charge in [0, 0.05) is 49.6 Å². The predicted octanol–water partition coefficient (Wildman–Crippen LogP) is 3.59. The highest BCUT2D eigenvalue weighted by atomic mass is 16.3. The van der Waals surface area contributed by atoms with Gasteiger partial charge in [-0.1, -0.05) is 25.1 Å². The molecule has 1 fully saturated rings. The molecule has 0 bridgehead atoms. The Hall–Kier alpha value is -3.28. The number of hydrogen-bond acceptors (Lipinski definition) is 4. The van der Waals surface area contributed by atoms with E-state index in [-0.39, 0.29) is 11.8 Å². The van der Waals surface area contributed by atoms with Crippen molar-refractivity contribution in [3.63, 3.8) is 0 Å². The standard InChI is InChI=1S/C22H22N2O4/c1-2-19-18(17-5-3-4-6-20(17)28-19)7-8-21(25)23-10-12-24(13-11-23)22(26)16-9-14-27-15-16/h3-9,14-15H,2,10-13H2,1H3/b8-7+. The molecule has 3 aromatic rings.